The summed E-state index contributed by atoms with van der Waals surface area (Å²) in [7, 11) is 4.58. The van der Waals surface area contributed by atoms with Crippen LogP contribution < -0.4 is 71.1 Å². The first-order valence-electron chi connectivity index (χ1n) is 48.4. The Balaban J connectivity index is 1.44. The summed E-state index contributed by atoms with van der Waals surface area (Å²) in [6, 6.07) is 20.9. The Morgan fingerprint density at radius 2 is 0.325 bits per heavy atom. The molecule has 0 aliphatic rings. The third-order valence-electron chi connectivity index (χ3n) is 22.7. The molecule has 0 fully saturated rings. The molecule has 0 aliphatic carbocycles. The van der Waals surface area contributed by atoms with Gasteiger partial charge in [-0.25, -0.2) is 14.4 Å². The molecule has 0 saturated heterocycles. The van der Waals surface area contributed by atoms with Crippen LogP contribution in [0.25, 0.3) is 32.3 Å². The number of methoxy groups -OCH3 is 3. The van der Waals surface area contributed by atoms with Crippen molar-refractivity contribution in [3.63, 3.8) is 0 Å². The van der Waals surface area contributed by atoms with Crippen LogP contribution in [0.2, 0.25) is 0 Å². The van der Waals surface area contributed by atoms with Crippen LogP contribution in [0, 0.1) is 0 Å². The zero-order chi connectivity index (χ0) is 87.9. The topological polar surface area (TPSA) is 190 Å². The second-order valence-corrected chi connectivity index (χ2v) is 33.1. The number of ether oxygens (including phenoxy) is 15. The van der Waals surface area contributed by atoms with Gasteiger partial charge in [0.25, 0.3) is 0 Å². The molecule has 0 radical (unpaired) electrons. The van der Waals surface area contributed by atoms with Gasteiger partial charge in [0.2, 0.25) is 17.2 Å². The molecule has 0 unspecified atom stereocenters. The zero-order valence-corrected chi connectivity index (χ0v) is 78.0. The first-order valence-corrected chi connectivity index (χ1v) is 48.4. The van der Waals surface area contributed by atoms with E-state index in [-0.39, 0.29) is 51.2 Å². The molecule has 7 rings (SSSR count). The van der Waals surface area contributed by atoms with Crippen LogP contribution in [0.5, 0.6) is 86.2 Å². The lowest BCUT2D eigenvalue weighted by Gasteiger charge is -2.20. The molecule has 0 aromatic heterocycles. The third kappa shape index (κ3) is 34.7. The van der Waals surface area contributed by atoms with Crippen molar-refractivity contribution < 1.29 is 85.4 Å². The summed E-state index contributed by atoms with van der Waals surface area (Å²) in [5.41, 5.74) is 0.566. The van der Waals surface area contributed by atoms with Gasteiger partial charge in [-0.15, -0.1) is 0 Å². The highest BCUT2D eigenvalue weighted by atomic mass is 16.6. The highest BCUT2D eigenvalue weighted by molar-refractivity contribution is 6.27. The third-order valence-corrected chi connectivity index (χ3v) is 22.7. The van der Waals surface area contributed by atoms with E-state index in [0.717, 1.165) is 289 Å². The molecule has 0 spiro atoms. The Morgan fingerprint density at radius 3 is 0.480 bits per heavy atom. The summed E-state index contributed by atoms with van der Waals surface area (Å²) in [5, 5.41) is 3.56. The SMILES string of the molecule is CCCCCCCOc1cc(C(=O)Oc2cc3c(cc2OC)c2cc(OC(=O)c4cc(OCCCCCCC)c(OCCCCCCC)c(OCCCCCCC)c4)c(OC)cc2c2cc(OC(=O)c4cc(OCCCCCCC)c(OCCCCCCC)c(OCCCCCCC)c4)c(OC)cc32)cc(OCCCCCCC)c1OCCCCCCC. The summed E-state index contributed by atoms with van der Waals surface area (Å²) >= 11 is 0. The first kappa shape index (κ1) is 101. The van der Waals surface area contributed by atoms with Crippen molar-refractivity contribution in [2.24, 2.45) is 0 Å². The lowest BCUT2D eigenvalue weighted by Crippen LogP contribution is -2.13. The molecule has 0 aliphatic heterocycles. The number of fused-ring (bicyclic) bond motifs is 6. The number of carbonyl (C=O) groups is 3. The second-order valence-electron chi connectivity index (χ2n) is 33.1. The molecule has 684 valence electrons. The van der Waals surface area contributed by atoms with Crippen LogP contribution in [0.4, 0.5) is 0 Å². The molecule has 18 nitrogen and oxygen atoms in total. The number of unbranched alkanes of at least 4 members (excludes halogenated alkanes) is 36. The maximum atomic E-state index is 15.4. The lowest BCUT2D eigenvalue weighted by molar-refractivity contribution is 0.0719. The van der Waals surface area contributed by atoms with Crippen molar-refractivity contribution in [1.29, 1.82) is 0 Å². The summed E-state index contributed by atoms with van der Waals surface area (Å²) < 4.78 is 98.4. The number of rotatable bonds is 72. The number of benzene rings is 7. The van der Waals surface area contributed by atoms with Gasteiger partial charge >= 0.3 is 17.9 Å². The normalized spacial score (nSPS) is 11.3. The maximum absolute atomic E-state index is 15.4. The second kappa shape index (κ2) is 60.8. The van der Waals surface area contributed by atoms with Crippen LogP contribution in [0.3, 0.4) is 0 Å². The number of hydrogen-bond acceptors (Lipinski definition) is 18. The minimum absolute atomic E-state index is 0.0956. The molecular weight excluding hydrogens is 1550 g/mol. The van der Waals surface area contributed by atoms with Gasteiger partial charge < -0.3 is 71.1 Å². The van der Waals surface area contributed by atoms with E-state index in [1.54, 1.807) is 54.6 Å². The quantitative estimate of drug-likeness (QED) is 0.0151. The molecule has 0 heterocycles. The van der Waals surface area contributed by atoms with Gasteiger partial charge in [-0.2, -0.15) is 0 Å². The van der Waals surface area contributed by atoms with Crippen LogP contribution >= 0.6 is 0 Å². The van der Waals surface area contributed by atoms with E-state index in [9.17, 15) is 0 Å². The standard InChI is InChI=1S/C105H156O18/c1-13-22-31-40-49-58-112-94-67-79(68-95(113-59-50-41-32-23-14-2)100(94)118-64-55-46-37-28-19-7)103(106)121-91-76-85-82(73-88(91)109-10)86-77-92(122-104(107)80-69-96(114-60-51-42-33-24-15-3)101(119-65-56-47-38-29-20-8)97(70-80)115-61-52-43-34-25-16-4)90(111-12)75-84(86)87-78-93(89(110-11)74-83(85)87)123-105(108)81-71-98(116-62-53-44-35-26-17-5)102(120-66-57-48-39-30-21-9)99(72-81)117-63-54-45-36-27-18-6/h67-78H,13-66H2,1-12H3. The smallest absolute Gasteiger partial charge is 0.343 e. The highest BCUT2D eigenvalue weighted by Gasteiger charge is 2.29. The van der Waals surface area contributed by atoms with Gasteiger partial charge in [-0.3, -0.25) is 0 Å². The van der Waals surface area contributed by atoms with Crippen LogP contribution in [0.1, 0.15) is 382 Å². The van der Waals surface area contributed by atoms with Crippen LogP contribution in [-0.2, 0) is 0 Å². The van der Waals surface area contributed by atoms with E-state index in [0.29, 0.717) is 144 Å². The predicted molar refractivity (Wildman–Crippen MR) is 501 cm³/mol. The number of esters is 3. The molecule has 123 heavy (non-hydrogen) atoms. The molecule has 0 N–H and O–H groups in total. The van der Waals surface area contributed by atoms with Crippen LogP contribution in [-0.4, -0.2) is 98.7 Å². The molecular formula is C105H156O18. The van der Waals surface area contributed by atoms with Crippen molar-refractivity contribution in [3.8, 4) is 86.2 Å². The Bertz CT molecular complexity index is 3610. The Hall–Kier alpha value is -8.67. The molecule has 7 aromatic rings. The zero-order valence-electron chi connectivity index (χ0n) is 78.0. The van der Waals surface area contributed by atoms with Crippen LogP contribution in [0.15, 0.2) is 72.8 Å². The summed E-state index contributed by atoms with van der Waals surface area (Å²) in [5.74, 6) is 2.73. The minimum atomic E-state index is -0.693. The summed E-state index contributed by atoms with van der Waals surface area (Å²) in [6.45, 7) is 23.7. The Morgan fingerprint density at radius 1 is 0.179 bits per heavy atom. The van der Waals surface area contributed by atoms with Gasteiger partial charge in [0.15, 0.2) is 69.0 Å². The summed E-state index contributed by atoms with van der Waals surface area (Å²) in [4.78, 5) is 46.1. The van der Waals surface area contributed by atoms with E-state index in [4.69, 9.17) is 71.1 Å². The molecule has 0 atom stereocenters. The van der Waals surface area contributed by atoms with E-state index < -0.39 is 17.9 Å². The van der Waals surface area contributed by atoms with E-state index in [2.05, 4.69) is 62.3 Å². The monoisotopic (exact) mass is 1710 g/mol. The number of hydrogen-bond donors (Lipinski definition) is 0. The van der Waals surface area contributed by atoms with Crippen molar-refractivity contribution in [3.05, 3.63) is 89.5 Å². The van der Waals surface area contributed by atoms with E-state index in [1.807, 2.05) is 18.2 Å². The van der Waals surface area contributed by atoms with Crippen molar-refractivity contribution in [2.45, 2.75) is 351 Å². The van der Waals surface area contributed by atoms with Gasteiger partial charge in [-0.05, 0) is 163 Å². The van der Waals surface area contributed by atoms with Gasteiger partial charge in [0.05, 0.1) is 97.5 Å². The molecule has 0 bridgehead atoms. The highest BCUT2D eigenvalue weighted by Crippen LogP contribution is 2.50. The fourth-order valence-corrected chi connectivity index (χ4v) is 15.3. The van der Waals surface area contributed by atoms with E-state index >= 15 is 14.4 Å². The average Bonchev–Trinajstić information content (AvgIpc) is 0.723. The molecule has 18 heteroatoms. The molecule has 7 aromatic carbocycles. The van der Waals surface area contributed by atoms with Crippen molar-refractivity contribution in [2.75, 3.05) is 80.8 Å². The van der Waals surface area contributed by atoms with E-state index in [1.165, 1.54) is 21.3 Å². The summed E-state index contributed by atoms with van der Waals surface area (Å²) in [6.07, 6.45) is 46.9. The van der Waals surface area contributed by atoms with Gasteiger partial charge in [0.1, 0.15) is 0 Å². The largest absolute Gasteiger partial charge is 0.493 e. The van der Waals surface area contributed by atoms with Crippen molar-refractivity contribution >= 4 is 50.2 Å². The number of carbonyl (C=O) groups excluding carboxylic acids is 3. The van der Waals surface area contributed by atoms with Gasteiger partial charge in [-0.1, -0.05) is 293 Å². The first-order chi connectivity index (χ1) is 60.4. The minimum Gasteiger partial charge on any atom is -0.493 e. The van der Waals surface area contributed by atoms with Crippen molar-refractivity contribution in [1.82, 2.24) is 0 Å². The Kier molecular flexibility index (Phi) is 50.2. The van der Waals surface area contributed by atoms with Gasteiger partial charge in [0, 0.05) is 0 Å². The Labute approximate surface area is 739 Å². The fraction of sp³-hybridized carbons (Fsp3) is 0.629. The fourth-order valence-electron chi connectivity index (χ4n) is 15.3. The molecule has 0 saturated carbocycles. The maximum Gasteiger partial charge on any atom is 0.343 e. The lowest BCUT2D eigenvalue weighted by atomic mass is 9.93. The predicted octanol–water partition coefficient (Wildman–Crippen LogP) is 30.0. The molecule has 0 amide bonds. The average molecular weight is 1710 g/mol.